The van der Waals surface area contributed by atoms with Gasteiger partial charge in [-0.1, -0.05) is 12.1 Å². The highest BCUT2D eigenvalue weighted by Gasteiger charge is 2.35. The minimum Gasteiger partial charge on any atom is -0.488 e. The van der Waals surface area contributed by atoms with Gasteiger partial charge in [-0.3, -0.25) is 0 Å². The number of sulfone groups is 1. The zero-order chi connectivity index (χ0) is 11.8. The summed E-state index contributed by atoms with van der Waals surface area (Å²) in [4.78, 5) is 0. The molecule has 1 aliphatic rings. The van der Waals surface area contributed by atoms with Crippen LogP contribution in [0.15, 0.2) is 24.3 Å². The van der Waals surface area contributed by atoms with Crippen LogP contribution in [-0.2, 0) is 9.84 Å². The summed E-state index contributed by atoms with van der Waals surface area (Å²) in [7, 11) is -2.83. The maximum Gasteiger partial charge on any atom is 0.157 e. The van der Waals surface area contributed by atoms with E-state index in [2.05, 4.69) is 0 Å². The quantitative estimate of drug-likeness (QED) is 0.853. The zero-order valence-corrected chi connectivity index (χ0v) is 9.91. The molecule has 1 saturated heterocycles. The Kier molecular flexibility index (Phi) is 2.90. The number of benzene rings is 1. The van der Waals surface area contributed by atoms with Crippen molar-refractivity contribution in [3.8, 4) is 5.75 Å². The topological polar surface area (TPSA) is 69.4 Å². The molecule has 0 aliphatic carbocycles. The lowest BCUT2D eigenvalue weighted by molar-refractivity contribution is 0.230. The van der Waals surface area contributed by atoms with Crippen LogP contribution in [0.2, 0.25) is 0 Å². The predicted octanol–water partition coefficient (Wildman–Crippen LogP) is 0.882. The molecule has 1 aliphatic heterocycles. The Hall–Kier alpha value is -1.07. The summed E-state index contributed by atoms with van der Waals surface area (Å²) >= 11 is 0. The average Bonchev–Trinajstić information content (AvgIpc) is 2.15. The van der Waals surface area contributed by atoms with Gasteiger partial charge in [-0.25, -0.2) is 8.42 Å². The zero-order valence-electron chi connectivity index (χ0n) is 9.09. The molecule has 88 valence electrons. The van der Waals surface area contributed by atoms with E-state index in [1.165, 1.54) is 0 Å². The van der Waals surface area contributed by atoms with Crippen molar-refractivity contribution in [1.82, 2.24) is 0 Å². The van der Waals surface area contributed by atoms with E-state index >= 15 is 0 Å². The number of hydrogen-bond acceptors (Lipinski definition) is 4. The van der Waals surface area contributed by atoms with Crippen LogP contribution in [0.3, 0.4) is 0 Å². The number of rotatable bonds is 3. The van der Waals surface area contributed by atoms with Gasteiger partial charge in [0.25, 0.3) is 0 Å². The van der Waals surface area contributed by atoms with Crippen LogP contribution in [0.25, 0.3) is 0 Å². The summed E-state index contributed by atoms with van der Waals surface area (Å²) in [5.41, 5.74) is 6.74. The fourth-order valence-electron chi connectivity index (χ4n) is 1.65. The molecule has 1 unspecified atom stereocenters. The standard InChI is InChI=1S/C11H15NO3S/c1-8(12)9-3-2-4-10(5-9)15-11-6-16(13,14)7-11/h2-5,8,11H,6-7,12H2,1H3. The van der Waals surface area contributed by atoms with Crippen molar-refractivity contribution in [2.24, 2.45) is 5.73 Å². The van der Waals surface area contributed by atoms with Gasteiger partial charge in [-0.15, -0.1) is 0 Å². The number of ether oxygens (including phenoxy) is 1. The molecule has 4 nitrogen and oxygen atoms in total. The van der Waals surface area contributed by atoms with Gasteiger partial charge >= 0.3 is 0 Å². The highest BCUT2D eigenvalue weighted by Crippen LogP contribution is 2.22. The van der Waals surface area contributed by atoms with Crippen molar-refractivity contribution in [3.63, 3.8) is 0 Å². The van der Waals surface area contributed by atoms with Crippen molar-refractivity contribution in [2.75, 3.05) is 11.5 Å². The molecule has 1 aromatic rings. The van der Waals surface area contributed by atoms with Gasteiger partial charge in [0.1, 0.15) is 11.9 Å². The van der Waals surface area contributed by atoms with Crippen molar-refractivity contribution < 1.29 is 13.2 Å². The summed E-state index contributed by atoms with van der Waals surface area (Å²) in [5.74, 6) is 0.930. The number of hydrogen-bond donors (Lipinski definition) is 1. The Balaban J connectivity index is 2.03. The van der Waals surface area contributed by atoms with E-state index in [0.717, 1.165) is 5.56 Å². The van der Waals surface area contributed by atoms with E-state index in [0.29, 0.717) is 5.75 Å². The Labute approximate surface area is 95.3 Å². The van der Waals surface area contributed by atoms with E-state index in [-0.39, 0.29) is 23.7 Å². The molecular formula is C11H15NO3S. The summed E-state index contributed by atoms with van der Waals surface area (Å²) in [6.07, 6.45) is -0.201. The van der Waals surface area contributed by atoms with Gasteiger partial charge in [0, 0.05) is 6.04 Å². The van der Waals surface area contributed by atoms with Crippen molar-refractivity contribution >= 4 is 9.84 Å². The van der Waals surface area contributed by atoms with E-state index in [1.54, 1.807) is 0 Å². The fourth-order valence-corrected chi connectivity index (χ4v) is 2.82. The molecule has 5 heteroatoms. The molecule has 1 atom stereocenters. The van der Waals surface area contributed by atoms with Crippen molar-refractivity contribution in [1.29, 1.82) is 0 Å². The largest absolute Gasteiger partial charge is 0.488 e. The summed E-state index contributed by atoms with van der Waals surface area (Å²) in [5, 5.41) is 0. The van der Waals surface area contributed by atoms with Crippen molar-refractivity contribution in [3.05, 3.63) is 29.8 Å². The maximum absolute atomic E-state index is 11.0. The Morgan fingerprint density at radius 1 is 1.44 bits per heavy atom. The molecule has 1 fully saturated rings. The Morgan fingerprint density at radius 3 is 2.69 bits per heavy atom. The summed E-state index contributed by atoms with van der Waals surface area (Å²) in [6, 6.07) is 7.41. The summed E-state index contributed by atoms with van der Waals surface area (Å²) in [6.45, 7) is 1.90. The van der Waals surface area contributed by atoms with Crippen LogP contribution in [0, 0.1) is 0 Å². The normalized spacial score (nSPS) is 21.1. The van der Waals surface area contributed by atoms with E-state index < -0.39 is 9.84 Å². The van der Waals surface area contributed by atoms with Gasteiger partial charge < -0.3 is 10.5 Å². The van der Waals surface area contributed by atoms with E-state index in [1.807, 2.05) is 31.2 Å². The molecule has 0 aromatic heterocycles. The lowest BCUT2D eigenvalue weighted by atomic mass is 10.1. The first-order valence-corrected chi connectivity index (χ1v) is 7.01. The smallest absolute Gasteiger partial charge is 0.157 e. The second kappa shape index (κ2) is 4.07. The monoisotopic (exact) mass is 241 g/mol. The molecule has 1 aromatic carbocycles. The molecule has 1 heterocycles. The van der Waals surface area contributed by atoms with Gasteiger partial charge in [-0.2, -0.15) is 0 Å². The first kappa shape index (κ1) is 11.4. The first-order valence-electron chi connectivity index (χ1n) is 5.19. The van der Waals surface area contributed by atoms with Crippen LogP contribution in [-0.4, -0.2) is 26.0 Å². The minimum atomic E-state index is -2.83. The van der Waals surface area contributed by atoms with Gasteiger partial charge in [0.15, 0.2) is 9.84 Å². The average molecular weight is 241 g/mol. The number of nitrogens with two attached hydrogens (primary N) is 1. The lowest BCUT2D eigenvalue weighted by Gasteiger charge is -2.26. The maximum atomic E-state index is 11.0. The highest BCUT2D eigenvalue weighted by molar-refractivity contribution is 7.92. The Bertz CT molecular complexity index is 470. The SMILES string of the molecule is CC(N)c1cccc(OC2CS(=O)(=O)C2)c1. The van der Waals surface area contributed by atoms with E-state index in [9.17, 15) is 8.42 Å². The van der Waals surface area contributed by atoms with Crippen LogP contribution >= 0.6 is 0 Å². The third-order valence-corrected chi connectivity index (χ3v) is 4.33. The van der Waals surface area contributed by atoms with Crippen LogP contribution in [0.1, 0.15) is 18.5 Å². The van der Waals surface area contributed by atoms with Crippen molar-refractivity contribution in [2.45, 2.75) is 19.1 Å². The first-order chi connectivity index (χ1) is 7.46. The van der Waals surface area contributed by atoms with Crippen LogP contribution in [0.4, 0.5) is 0 Å². The second-order valence-corrected chi connectivity index (χ2v) is 6.33. The second-order valence-electron chi connectivity index (χ2n) is 4.18. The molecule has 0 amide bonds. The molecule has 0 radical (unpaired) electrons. The molecule has 0 bridgehead atoms. The van der Waals surface area contributed by atoms with Crippen LogP contribution in [0.5, 0.6) is 5.75 Å². The molecule has 2 N–H and O–H groups in total. The summed E-state index contributed by atoms with van der Waals surface area (Å²) < 4.78 is 27.5. The van der Waals surface area contributed by atoms with E-state index in [4.69, 9.17) is 10.5 Å². The minimum absolute atomic E-state index is 0.0475. The van der Waals surface area contributed by atoms with Gasteiger partial charge in [0.2, 0.25) is 0 Å². The van der Waals surface area contributed by atoms with Crippen LogP contribution < -0.4 is 10.5 Å². The molecule has 2 rings (SSSR count). The Morgan fingerprint density at radius 2 is 2.12 bits per heavy atom. The van der Waals surface area contributed by atoms with Gasteiger partial charge in [0.05, 0.1) is 11.5 Å². The predicted molar refractivity (Wildman–Crippen MR) is 62.1 cm³/mol. The fraction of sp³-hybridized carbons (Fsp3) is 0.455. The lowest BCUT2D eigenvalue weighted by Crippen LogP contribution is -2.45. The third kappa shape index (κ3) is 2.54. The third-order valence-electron chi connectivity index (χ3n) is 2.57. The molecule has 0 saturated carbocycles. The highest BCUT2D eigenvalue weighted by atomic mass is 32.2. The van der Waals surface area contributed by atoms with Gasteiger partial charge in [-0.05, 0) is 24.6 Å². The molecule has 0 spiro atoms. The molecular weight excluding hydrogens is 226 g/mol. The molecule has 16 heavy (non-hydrogen) atoms.